The summed E-state index contributed by atoms with van der Waals surface area (Å²) >= 11 is 0. The molecule has 0 aliphatic carbocycles. The minimum atomic E-state index is -3.67. The fourth-order valence-electron chi connectivity index (χ4n) is 3.41. The summed E-state index contributed by atoms with van der Waals surface area (Å²) in [7, 11) is -0.749. The second kappa shape index (κ2) is 10.3. The van der Waals surface area contributed by atoms with Crippen molar-refractivity contribution in [1.29, 1.82) is 0 Å². The molecule has 0 aromatic heterocycles. The number of nitrogens with zero attached hydrogens (tertiary/aromatic N) is 1. The van der Waals surface area contributed by atoms with Gasteiger partial charge < -0.3 is 10.6 Å². The summed E-state index contributed by atoms with van der Waals surface area (Å²) in [5.41, 5.74) is 3.46. The highest BCUT2D eigenvalue weighted by Crippen LogP contribution is 2.26. The molecule has 0 unspecified atom stereocenters. The number of sulfonamides is 1. The van der Waals surface area contributed by atoms with Gasteiger partial charge in [-0.3, -0.25) is 9.59 Å². The second-order valence-electron chi connectivity index (χ2n) is 10.2. The highest BCUT2D eigenvalue weighted by Gasteiger charge is 2.27. The molecule has 2 amide bonds. The summed E-state index contributed by atoms with van der Waals surface area (Å²) in [4.78, 5) is 26.2. The Morgan fingerprint density at radius 1 is 0.971 bits per heavy atom. The van der Waals surface area contributed by atoms with Crippen LogP contribution in [-0.4, -0.2) is 44.7 Å². The first-order valence-electron chi connectivity index (χ1n) is 11.3. The number of benzene rings is 2. The van der Waals surface area contributed by atoms with E-state index in [0.29, 0.717) is 11.3 Å². The highest BCUT2D eigenvalue weighted by atomic mass is 32.2. The van der Waals surface area contributed by atoms with Gasteiger partial charge in [-0.25, -0.2) is 12.7 Å². The van der Waals surface area contributed by atoms with Gasteiger partial charge in [0.15, 0.2) is 0 Å². The molecule has 0 spiro atoms. The largest absolute Gasteiger partial charge is 0.340 e. The Labute approximate surface area is 204 Å². The van der Waals surface area contributed by atoms with E-state index in [2.05, 4.69) is 31.4 Å². The van der Waals surface area contributed by atoms with Gasteiger partial charge in [-0.05, 0) is 66.1 Å². The van der Waals surface area contributed by atoms with Gasteiger partial charge in [0.2, 0.25) is 15.9 Å². The summed E-state index contributed by atoms with van der Waals surface area (Å²) in [6.45, 7) is 13.6. The van der Waals surface area contributed by atoms with Crippen molar-refractivity contribution in [3.05, 3.63) is 58.7 Å². The zero-order valence-corrected chi connectivity index (χ0v) is 22.4. The molecule has 2 N–H and O–H groups in total. The molecule has 0 bridgehead atoms. The molecular weight excluding hydrogens is 450 g/mol. The summed E-state index contributed by atoms with van der Waals surface area (Å²) in [6, 6.07) is 9.60. The molecule has 7 nitrogen and oxygen atoms in total. The van der Waals surface area contributed by atoms with Crippen molar-refractivity contribution in [2.75, 3.05) is 19.4 Å². The predicted molar refractivity (Wildman–Crippen MR) is 137 cm³/mol. The lowest BCUT2D eigenvalue weighted by Gasteiger charge is -2.23. The summed E-state index contributed by atoms with van der Waals surface area (Å²) in [5.74, 6) is -0.935. The van der Waals surface area contributed by atoms with E-state index in [0.717, 1.165) is 21.0 Å². The number of nitrogens with one attached hydrogen (secondary N) is 2. The maximum Gasteiger partial charge on any atom is 0.251 e. The molecule has 0 radical (unpaired) electrons. The van der Waals surface area contributed by atoms with Gasteiger partial charge in [0, 0.05) is 25.3 Å². The third kappa shape index (κ3) is 6.24. The van der Waals surface area contributed by atoms with Gasteiger partial charge >= 0.3 is 0 Å². The maximum atomic E-state index is 13.2. The van der Waals surface area contributed by atoms with Crippen LogP contribution in [0.5, 0.6) is 0 Å². The van der Waals surface area contributed by atoms with Crippen molar-refractivity contribution in [3.63, 3.8) is 0 Å². The molecule has 0 saturated carbocycles. The monoisotopic (exact) mass is 487 g/mol. The number of hydrogen-bond acceptors (Lipinski definition) is 4. The van der Waals surface area contributed by atoms with E-state index in [-0.39, 0.29) is 22.1 Å². The summed E-state index contributed by atoms with van der Waals surface area (Å²) in [5, 5.41) is 5.66. The SMILES string of the molecule is Cc1cc(S(=O)(=O)N(C)C)cc(NC(=O)[C@@H](NC(=O)c2ccc(C(C)(C)C)cc2)C(C)C)c1C. The molecule has 1 atom stereocenters. The van der Waals surface area contributed by atoms with Crippen LogP contribution in [-0.2, 0) is 20.2 Å². The predicted octanol–water partition coefficient (Wildman–Crippen LogP) is 4.24. The van der Waals surface area contributed by atoms with E-state index in [1.165, 1.54) is 20.2 Å². The summed E-state index contributed by atoms with van der Waals surface area (Å²) < 4.78 is 26.4. The van der Waals surface area contributed by atoms with Crippen LogP contribution in [0.3, 0.4) is 0 Å². The lowest BCUT2D eigenvalue weighted by atomic mass is 9.86. The number of carbonyl (C=O) groups excluding carboxylic acids is 2. The molecule has 0 aliphatic heterocycles. The van der Waals surface area contributed by atoms with Crippen LogP contribution in [0.25, 0.3) is 0 Å². The quantitative estimate of drug-likeness (QED) is 0.610. The van der Waals surface area contributed by atoms with Crippen molar-refractivity contribution in [2.45, 2.75) is 64.8 Å². The topological polar surface area (TPSA) is 95.6 Å². The number of hydrogen-bond donors (Lipinski definition) is 2. The summed E-state index contributed by atoms with van der Waals surface area (Å²) in [6.07, 6.45) is 0. The van der Waals surface area contributed by atoms with E-state index < -0.39 is 22.0 Å². The first-order valence-corrected chi connectivity index (χ1v) is 12.8. The van der Waals surface area contributed by atoms with Crippen molar-refractivity contribution in [2.24, 2.45) is 5.92 Å². The van der Waals surface area contributed by atoms with Crippen LogP contribution >= 0.6 is 0 Å². The van der Waals surface area contributed by atoms with Crippen molar-refractivity contribution in [1.82, 2.24) is 9.62 Å². The van der Waals surface area contributed by atoms with Crippen molar-refractivity contribution >= 4 is 27.5 Å². The van der Waals surface area contributed by atoms with E-state index in [4.69, 9.17) is 0 Å². The van der Waals surface area contributed by atoms with E-state index in [1.54, 1.807) is 25.1 Å². The average molecular weight is 488 g/mol. The van der Waals surface area contributed by atoms with Crippen LogP contribution in [0.1, 0.15) is 61.7 Å². The standard InChI is InChI=1S/C26H37N3O4S/c1-16(2)23(28-24(30)19-10-12-20(13-11-19)26(5,6)7)25(31)27-22-15-21(14-17(3)18(22)4)34(32,33)29(8)9/h10-16,23H,1-9H3,(H,27,31)(H,28,30)/t23-/m0/s1. The molecule has 2 aromatic carbocycles. The molecule has 0 aliphatic rings. The van der Waals surface area contributed by atoms with Crippen LogP contribution in [0.2, 0.25) is 0 Å². The van der Waals surface area contributed by atoms with Crippen LogP contribution in [0.4, 0.5) is 5.69 Å². The van der Waals surface area contributed by atoms with Gasteiger partial charge in [-0.2, -0.15) is 0 Å². The smallest absolute Gasteiger partial charge is 0.251 e. The molecule has 2 aromatic rings. The van der Waals surface area contributed by atoms with E-state index >= 15 is 0 Å². The number of rotatable bonds is 7. The molecule has 0 fully saturated rings. The molecule has 0 saturated heterocycles. The maximum absolute atomic E-state index is 13.2. The average Bonchev–Trinajstić information content (AvgIpc) is 2.73. The Morgan fingerprint density at radius 3 is 2.00 bits per heavy atom. The molecular formula is C26H37N3O4S. The zero-order valence-electron chi connectivity index (χ0n) is 21.6. The molecule has 186 valence electrons. The van der Waals surface area contributed by atoms with Gasteiger partial charge in [0.25, 0.3) is 5.91 Å². The molecule has 0 heterocycles. The molecule has 8 heteroatoms. The fourth-order valence-corrected chi connectivity index (χ4v) is 4.42. The van der Waals surface area contributed by atoms with E-state index in [1.807, 2.05) is 32.9 Å². The van der Waals surface area contributed by atoms with Gasteiger partial charge in [-0.15, -0.1) is 0 Å². The number of anilines is 1. The lowest BCUT2D eigenvalue weighted by molar-refractivity contribution is -0.118. The zero-order chi connectivity index (χ0) is 26.0. The highest BCUT2D eigenvalue weighted by molar-refractivity contribution is 7.89. The first-order chi connectivity index (χ1) is 15.6. The minimum Gasteiger partial charge on any atom is -0.340 e. The van der Waals surface area contributed by atoms with Gasteiger partial charge in [0.1, 0.15) is 6.04 Å². The van der Waals surface area contributed by atoms with Gasteiger partial charge in [0.05, 0.1) is 4.90 Å². The van der Waals surface area contributed by atoms with Crippen molar-refractivity contribution < 1.29 is 18.0 Å². The van der Waals surface area contributed by atoms with E-state index in [9.17, 15) is 18.0 Å². The number of carbonyl (C=O) groups is 2. The Balaban J connectivity index is 2.29. The van der Waals surface area contributed by atoms with Crippen LogP contribution in [0.15, 0.2) is 41.3 Å². The van der Waals surface area contributed by atoms with Crippen LogP contribution < -0.4 is 10.6 Å². The first kappa shape index (κ1) is 27.5. The Hall–Kier alpha value is -2.71. The fraction of sp³-hybridized carbons (Fsp3) is 0.462. The number of amides is 2. The Morgan fingerprint density at radius 2 is 1.53 bits per heavy atom. The molecule has 2 rings (SSSR count). The Bertz CT molecular complexity index is 1160. The van der Waals surface area contributed by atoms with Crippen LogP contribution in [0, 0.1) is 19.8 Å². The minimum absolute atomic E-state index is 0.0278. The second-order valence-corrected chi connectivity index (χ2v) is 12.4. The van der Waals surface area contributed by atoms with Gasteiger partial charge in [-0.1, -0.05) is 46.8 Å². The third-order valence-corrected chi connectivity index (χ3v) is 7.72. The molecule has 34 heavy (non-hydrogen) atoms. The third-order valence-electron chi connectivity index (χ3n) is 5.93. The number of aryl methyl sites for hydroxylation is 1. The van der Waals surface area contributed by atoms with Crippen molar-refractivity contribution in [3.8, 4) is 0 Å². The lowest BCUT2D eigenvalue weighted by Crippen LogP contribution is -2.47. The Kier molecular flexibility index (Phi) is 8.32. The normalized spacial score (nSPS) is 13.1.